The van der Waals surface area contributed by atoms with Crippen LogP contribution in [0.4, 0.5) is 10.1 Å². The number of carbonyl (C=O) groups excluding carboxylic acids is 1. The molecule has 0 unspecified atom stereocenters. The maximum absolute atomic E-state index is 13.6. The van der Waals surface area contributed by atoms with Crippen LogP contribution in [0.2, 0.25) is 0 Å². The average molecular weight is 327 g/mol. The normalized spacial score (nSPS) is 11.0. The van der Waals surface area contributed by atoms with Gasteiger partial charge in [-0.25, -0.2) is 13.9 Å². The first-order valence-corrected chi connectivity index (χ1v) is 7.75. The van der Waals surface area contributed by atoms with Crippen LogP contribution in [-0.2, 0) is 17.6 Å². The molecule has 124 valence electrons. The highest BCUT2D eigenvalue weighted by atomic mass is 19.1. The highest BCUT2D eigenvalue weighted by Gasteiger charge is 2.16. The third kappa shape index (κ3) is 2.97. The van der Waals surface area contributed by atoms with Gasteiger partial charge in [-0.1, -0.05) is 19.1 Å². The third-order valence-electron chi connectivity index (χ3n) is 3.89. The van der Waals surface area contributed by atoms with E-state index in [1.54, 1.807) is 16.6 Å². The largest absolute Gasteiger partial charge is 0.323 e. The van der Waals surface area contributed by atoms with Crippen molar-refractivity contribution in [2.24, 2.45) is 0 Å². The molecule has 2 aromatic heterocycles. The summed E-state index contributed by atoms with van der Waals surface area (Å²) in [6.45, 7) is 5.68. The fourth-order valence-corrected chi connectivity index (χ4v) is 2.57. The Hall–Kier alpha value is -2.83. The molecule has 0 aliphatic rings. The molecule has 0 fully saturated rings. The molecule has 0 radical (unpaired) electrons. The van der Waals surface area contributed by atoms with E-state index in [1.807, 2.05) is 20.8 Å². The first-order valence-electron chi connectivity index (χ1n) is 7.75. The minimum absolute atomic E-state index is 0.0935. The molecule has 1 aromatic carbocycles. The van der Waals surface area contributed by atoms with E-state index in [4.69, 9.17) is 0 Å². The molecule has 2 heterocycles. The molecule has 0 bridgehead atoms. The molecule has 24 heavy (non-hydrogen) atoms. The summed E-state index contributed by atoms with van der Waals surface area (Å²) in [6.07, 6.45) is 0.807. The minimum atomic E-state index is -0.461. The number of nitrogens with one attached hydrogen (secondary N) is 1. The molecule has 0 saturated heterocycles. The first kappa shape index (κ1) is 16.0. The fourth-order valence-electron chi connectivity index (χ4n) is 2.57. The highest BCUT2D eigenvalue weighted by molar-refractivity contribution is 5.92. The van der Waals surface area contributed by atoms with Crippen LogP contribution in [0, 0.1) is 19.7 Å². The van der Waals surface area contributed by atoms with Crippen LogP contribution in [0.1, 0.15) is 29.7 Å². The zero-order valence-corrected chi connectivity index (χ0v) is 13.8. The van der Waals surface area contributed by atoms with E-state index in [0.717, 1.165) is 17.0 Å². The molecule has 0 aliphatic heterocycles. The number of anilines is 1. The molecule has 0 saturated carbocycles. The van der Waals surface area contributed by atoms with Crippen molar-refractivity contribution in [1.82, 2.24) is 19.6 Å². The van der Waals surface area contributed by atoms with Crippen LogP contribution in [0.5, 0.6) is 0 Å². The molecule has 0 atom stereocenters. The molecule has 0 spiro atoms. The van der Waals surface area contributed by atoms with Gasteiger partial charge in [-0.05, 0) is 26.0 Å². The molecule has 6 nitrogen and oxygen atoms in total. The van der Waals surface area contributed by atoms with Crippen LogP contribution in [0.15, 0.2) is 24.3 Å². The van der Waals surface area contributed by atoms with E-state index in [0.29, 0.717) is 18.0 Å². The Balaban J connectivity index is 1.89. The topological polar surface area (TPSA) is 72.2 Å². The lowest BCUT2D eigenvalue weighted by atomic mass is 10.1. The number of amides is 1. The van der Waals surface area contributed by atoms with Gasteiger partial charge in [0.2, 0.25) is 5.91 Å². The van der Waals surface area contributed by atoms with Gasteiger partial charge in [0.1, 0.15) is 5.82 Å². The smallest absolute Gasteiger partial charge is 0.252 e. The molecular formula is C17H18FN5O. The van der Waals surface area contributed by atoms with Crippen LogP contribution in [0.3, 0.4) is 0 Å². The second kappa shape index (κ2) is 6.35. The number of carbonyl (C=O) groups is 1. The Morgan fingerprint density at radius 1 is 1.25 bits per heavy atom. The van der Waals surface area contributed by atoms with Crippen LogP contribution in [-0.4, -0.2) is 25.5 Å². The molecular weight excluding hydrogens is 309 g/mol. The van der Waals surface area contributed by atoms with Gasteiger partial charge in [0, 0.05) is 23.4 Å². The summed E-state index contributed by atoms with van der Waals surface area (Å²) >= 11 is 0. The number of aryl methyl sites for hydroxylation is 3. The Labute approximate surface area is 138 Å². The Morgan fingerprint density at radius 3 is 2.71 bits per heavy atom. The third-order valence-corrected chi connectivity index (χ3v) is 3.89. The van der Waals surface area contributed by atoms with Crippen molar-refractivity contribution >= 4 is 17.4 Å². The lowest BCUT2D eigenvalue weighted by molar-refractivity contribution is -0.115. The van der Waals surface area contributed by atoms with E-state index in [-0.39, 0.29) is 18.0 Å². The lowest BCUT2D eigenvalue weighted by Gasteiger charge is -2.11. The second-order valence-corrected chi connectivity index (χ2v) is 5.56. The summed E-state index contributed by atoms with van der Waals surface area (Å²) < 4.78 is 15.3. The number of aromatic nitrogens is 4. The summed E-state index contributed by atoms with van der Waals surface area (Å²) in [7, 11) is 0. The van der Waals surface area contributed by atoms with Gasteiger partial charge >= 0.3 is 0 Å². The molecule has 7 heteroatoms. The highest BCUT2D eigenvalue weighted by Crippen LogP contribution is 2.17. The zero-order valence-electron chi connectivity index (χ0n) is 13.8. The Kier molecular flexibility index (Phi) is 4.24. The Bertz CT molecular complexity index is 919. The summed E-state index contributed by atoms with van der Waals surface area (Å²) in [6, 6.07) is 6.08. The van der Waals surface area contributed by atoms with E-state index >= 15 is 0 Å². The molecule has 3 rings (SSSR count). The van der Waals surface area contributed by atoms with Gasteiger partial charge in [0.25, 0.3) is 5.78 Å². The predicted octanol–water partition coefficient (Wildman–Crippen LogP) is 2.62. The average Bonchev–Trinajstić information content (AvgIpc) is 2.97. The maximum Gasteiger partial charge on any atom is 0.252 e. The van der Waals surface area contributed by atoms with E-state index in [9.17, 15) is 9.18 Å². The summed E-state index contributed by atoms with van der Waals surface area (Å²) in [5.74, 6) is 0.470. The number of hydrogen-bond acceptors (Lipinski definition) is 4. The van der Waals surface area contributed by atoms with Crippen molar-refractivity contribution in [3.05, 3.63) is 52.9 Å². The van der Waals surface area contributed by atoms with Crippen LogP contribution in [0.25, 0.3) is 5.78 Å². The number of hydrogen-bond donors (Lipinski definition) is 1. The number of halogens is 1. The van der Waals surface area contributed by atoms with E-state index in [1.165, 1.54) is 12.1 Å². The zero-order chi connectivity index (χ0) is 17.3. The number of nitrogens with zero attached hydrogens (tertiary/aromatic N) is 4. The summed E-state index contributed by atoms with van der Waals surface area (Å²) in [5, 5.41) is 6.98. The molecule has 1 amide bonds. The first-order chi connectivity index (χ1) is 11.5. The van der Waals surface area contributed by atoms with Gasteiger partial charge in [0.05, 0.1) is 12.1 Å². The number of rotatable bonds is 4. The van der Waals surface area contributed by atoms with E-state index in [2.05, 4.69) is 20.4 Å². The quantitative estimate of drug-likeness (QED) is 0.799. The van der Waals surface area contributed by atoms with Crippen molar-refractivity contribution < 1.29 is 9.18 Å². The maximum atomic E-state index is 13.6. The van der Waals surface area contributed by atoms with Crippen molar-refractivity contribution in [3.63, 3.8) is 0 Å². The summed E-state index contributed by atoms with van der Waals surface area (Å²) in [5.41, 5.74) is 2.47. The van der Waals surface area contributed by atoms with Gasteiger partial charge in [0.15, 0.2) is 5.82 Å². The van der Waals surface area contributed by atoms with Gasteiger partial charge < -0.3 is 5.32 Å². The summed E-state index contributed by atoms with van der Waals surface area (Å²) in [4.78, 5) is 21.0. The van der Waals surface area contributed by atoms with E-state index < -0.39 is 5.82 Å². The SMILES string of the molecule is CCc1nc2nc(C)c(CC(=O)Nc3ccccc3F)c(C)n2n1. The minimum Gasteiger partial charge on any atom is -0.323 e. The Morgan fingerprint density at radius 2 is 2.00 bits per heavy atom. The van der Waals surface area contributed by atoms with Crippen LogP contribution >= 0.6 is 0 Å². The molecule has 3 aromatic rings. The van der Waals surface area contributed by atoms with Gasteiger partial charge in [-0.3, -0.25) is 4.79 Å². The number of fused-ring (bicyclic) bond motifs is 1. The second-order valence-electron chi connectivity index (χ2n) is 5.56. The van der Waals surface area contributed by atoms with Crippen molar-refractivity contribution in [2.75, 3.05) is 5.32 Å². The standard InChI is InChI=1S/C17H18FN5O/c1-4-15-21-17-19-10(2)12(11(3)23(17)22-15)9-16(24)20-14-8-6-5-7-13(14)18/h5-8H,4,9H2,1-3H3,(H,20,24). The van der Waals surface area contributed by atoms with Gasteiger partial charge in [-0.2, -0.15) is 4.98 Å². The molecule has 1 N–H and O–H groups in total. The van der Waals surface area contributed by atoms with Crippen molar-refractivity contribution in [2.45, 2.75) is 33.6 Å². The number of para-hydroxylation sites is 1. The predicted molar refractivity (Wildman–Crippen MR) is 88.4 cm³/mol. The monoisotopic (exact) mass is 327 g/mol. The fraction of sp³-hybridized carbons (Fsp3) is 0.294. The van der Waals surface area contributed by atoms with Crippen molar-refractivity contribution in [1.29, 1.82) is 0 Å². The number of benzene rings is 1. The molecule has 0 aliphatic carbocycles. The van der Waals surface area contributed by atoms with Gasteiger partial charge in [-0.15, -0.1) is 5.10 Å². The van der Waals surface area contributed by atoms with Crippen molar-refractivity contribution in [3.8, 4) is 0 Å². The lowest BCUT2D eigenvalue weighted by Crippen LogP contribution is -2.18. The van der Waals surface area contributed by atoms with Crippen LogP contribution < -0.4 is 5.32 Å².